The number of carboxylic acids is 1. The summed E-state index contributed by atoms with van der Waals surface area (Å²) in [5.41, 5.74) is -1.44. The van der Waals surface area contributed by atoms with E-state index in [9.17, 15) is 19.2 Å². The second kappa shape index (κ2) is 5.44. The Morgan fingerprint density at radius 1 is 1.28 bits per heavy atom. The number of barbiturate groups is 1. The largest absolute Gasteiger partial charge is 0.481 e. The van der Waals surface area contributed by atoms with Crippen LogP contribution in [0.15, 0.2) is 12.7 Å². The number of hydrogen-bond donors (Lipinski definition) is 3. The standard InChI is InChI=1S/C11H14N2O5/c1-2-5-11(6-3-4-7(14)15)8(16)12-10(18)13-9(11)17/h2H,1,3-6H2,(H,14,15)(H2,12,13,16,17,18). The lowest BCUT2D eigenvalue weighted by Gasteiger charge is -2.32. The highest BCUT2D eigenvalue weighted by molar-refractivity contribution is 6.19. The van der Waals surface area contributed by atoms with E-state index in [0.717, 1.165) is 0 Å². The fraction of sp³-hybridized carbons (Fsp3) is 0.455. The predicted molar refractivity (Wildman–Crippen MR) is 60.4 cm³/mol. The van der Waals surface area contributed by atoms with Crippen LogP contribution in [0.2, 0.25) is 0 Å². The van der Waals surface area contributed by atoms with Crippen molar-refractivity contribution in [3.05, 3.63) is 12.7 Å². The van der Waals surface area contributed by atoms with Gasteiger partial charge in [-0.25, -0.2) is 4.79 Å². The number of urea groups is 1. The SMILES string of the molecule is C=CCC1(CCCC(=O)O)C(=O)NC(=O)NC1=O. The van der Waals surface area contributed by atoms with Gasteiger partial charge in [0, 0.05) is 6.42 Å². The molecular formula is C11H14N2O5. The van der Waals surface area contributed by atoms with Gasteiger partial charge in [0.25, 0.3) is 0 Å². The Hall–Kier alpha value is -2.18. The quantitative estimate of drug-likeness (QED) is 0.462. The summed E-state index contributed by atoms with van der Waals surface area (Å²) in [6.07, 6.45) is 1.52. The molecule has 0 radical (unpaired) electrons. The van der Waals surface area contributed by atoms with Gasteiger partial charge in [-0.2, -0.15) is 0 Å². The molecule has 1 saturated heterocycles. The summed E-state index contributed by atoms with van der Waals surface area (Å²) in [6, 6.07) is -0.858. The van der Waals surface area contributed by atoms with E-state index >= 15 is 0 Å². The molecule has 0 atom stereocenters. The number of carbonyl (C=O) groups excluding carboxylic acids is 3. The molecule has 1 aliphatic heterocycles. The molecule has 0 aromatic carbocycles. The van der Waals surface area contributed by atoms with Crippen LogP contribution < -0.4 is 10.6 Å². The Morgan fingerprint density at radius 2 is 1.83 bits per heavy atom. The summed E-state index contributed by atoms with van der Waals surface area (Å²) in [4.78, 5) is 45.0. The third-order valence-corrected chi connectivity index (χ3v) is 2.81. The predicted octanol–water partition coefficient (Wildman–Crippen LogP) is 0.170. The second-order valence-electron chi connectivity index (χ2n) is 4.06. The summed E-state index contributed by atoms with van der Waals surface area (Å²) < 4.78 is 0. The number of aliphatic carboxylic acids is 1. The highest BCUT2D eigenvalue weighted by Crippen LogP contribution is 2.32. The number of hydrogen-bond acceptors (Lipinski definition) is 4. The van der Waals surface area contributed by atoms with Crippen molar-refractivity contribution in [2.75, 3.05) is 0 Å². The van der Waals surface area contributed by atoms with Gasteiger partial charge in [-0.3, -0.25) is 25.0 Å². The molecule has 7 nitrogen and oxygen atoms in total. The molecule has 0 saturated carbocycles. The van der Waals surface area contributed by atoms with E-state index < -0.39 is 29.2 Å². The highest BCUT2D eigenvalue weighted by atomic mass is 16.4. The van der Waals surface area contributed by atoms with Gasteiger partial charge in [-0.05, 0) is 19.3 Å². The van der Waals surface area contributed by atoms with Crippen molar-refractivity contribution in [1.29, 1.82) is 0 Å². The van der Waals surface area contributed by atoms with E-state index in [1.165, 1.54) is 6.08 Å². The summed E-state index contributed by atoms with van der Waals surface area (Å²) in [7, 11) is 0. The number of allylic oxidation sites excluding steroid dienone is 1. The van der Waals surface area contributed by atoms with Gasteiger partial charge >= 0.3 is 12.0 Å². The summed E-state index contributed by atoms with van der Waals surface area (Å²) in [5.74, 6) is -2.42. The Morgan fingerprint density at radius 3 is 2.28 bits per heavy atom. The van der Waals surface area contributed by atoms with Crippen LogP contribution in [-0.4, -0.2) is 28.9 Å². The molecule has 1 heterocycles. The smallest absolute Gasteiger partial charge is 0.328 e. The molecule has 4 amide bonds. The van der Waals surface area contributed by atoms with Crippen molar-refractivity contribution in [3.63, 3.8) is 0 Å². The molecule has 0 aromatic heterocycles. The number of carboxylic acid groups (broad SMARTS) is 1. The Bertz CT molecular complexity index is 396. The van der Waals surface area contributed by atoms with Crippen molar-refractivity contribution >= 4 is 23.8 Å². The third kappa shape index (κ3) is 2.73. The molecule has 0 bridgehead atoms. The van der Waals surface area contributed by atoms with Gasteiger partial charge in [-0.15, -0.1) is 6.58 Å². The number of amides is 4. The average Bonchev–Trinajstić information content (AvgIpc) is 2.25. The molecule has 3 N–H and O–H groups in total. The Balaban J connectivity index is 2.86. The Labute approximate surface area is 103 Å². The molecule has 0 aliphatic carbocycles. The van der Waals surface area contributed by atoms with Gasteiger partial charge in [0.1, 0.15) is 5.41 Å². The van der Waals surface area contributed by atoms with Crippen LogP contribution in [0, 0.1) is 5.41 Å². The highest BCUT2D eigenvalue weighted by Gasteiger charge is 2.48. The number of carbonyl (C=O) groups is 4. The van der Waals surface area contributed by atoms with Crippen LogP contribution in [0.4, 0.5) is 4.79 Å². The summed E-state index contributed by atoms with van der Waals surface area (Å²) in [5, 5.41) is 12.6. The second-order valence-corrected chi connectivity index (χ2v) is 4.06. The molecule has 18 heavy (non-hydrogen) atoms. The summed E-state index contributed by atoms with van der Waals surface area (Å²) >= 11 is 0. The maximum Gasteiger partial charge on any atom is 0.328 e. The van der Waals surface area contributed by atoms with Crippen molar-refractivity contribution in [2.45, 2.75) is 25.7 Å². The third-order valence-electron chi connectivity index (χ3n) is 2.81. The number of nitrogens with one attached hydrogen (secondary N) is 2. The topological polar surface area (TPSA) is 113 Å². The first-order chi connectivity index (χ1) is 8.42. The lowest BCUT2D eigenvalue weighted by atomic mass is 9.76. The normalized spacial score (nSPS) is 17.9. The molecule has 1 fully saturated rings. The molecule has 1 aliphatic rings. The van der Waals surface area contributed by atoms with E-state index in [2.05, 4.69) is 6.58 Å². The fourth-order valence-electron chi connectivity index (χ4n) is 1.88. The maximum atomic E-state index is 11.8. The minimum absolute atomic E-state index is 0.0519. The van der Waals surface area contributed by atoms with Gasteiger partial charge < -0.3 is 5.11 Å². The van der Waals surface area contributed by atoms with Crippen molar-refractivity contribution in [1.82, 2.24) is 10.6 Å². The van der Waals surface area contributed by atoms with Crippen molar-refractivity contribution in [2.24, 2.45) is 5.41 Å². The molecule has 1 rings (SSSR count). The number of imide groups is 2. The fourth-order valence-corrected chi connectivity index (χ4v) is 1.88. The lowest BCUT2D eigenvalue weighted by molar-refractivity contribution is -0.146. The van der Waals surface area contributed by atoms with Crippen LogP contribution in [0.1, 0.15) is 25.7 Å². The molecule has 0 aromatic rings. The van der Waals surface area contributed by atoms with Crippen LogP contribution in [0.25, 0.3) is 0 Å². The van der Waals surface area contributed by atoms with E-state index in [4.69, 9.17) is 5.11 Å². The monoisotopic (exact) mass is 254 g/mol. The van der Waals surface area contributed by atoms with E-state index in [-0.39, 0.29) is 25.7 Å². The zero-order valence-electron chi connectivity index (χ0n) is 9.69. The van der Waals surface area contributed by atoms with Crippen LogP contribution in [-0.2, 0) is 14.4 Å². The van der Waals surface area contributed by atoms with E-state index in [0.29, 0.717) is 0 Å². The Kier molecular flexibility index (Phi) is 4.19. The molecule has 7 heteroatoms. The summed E-state index contributed by atoms with van der Waals surface area (Å²) in [6.45, 7) is 3.47. The molecule has 0 spiro atoms. The van der Waals surface area contributed by atoms with Gasteiger partial charge in [-0.1, -0.05) is 6.08 Å². The number of rotatable bonds is 6. The van der Waals surface area contributed by atoms with Crippen molar-refractivity contribution < 1.29 is 24.3 Å². The van der Waals surface area contributed by atoms with Gasteiger partial charge in [0.2, 0.25) is 11.8 Å². The van der Waals surface area contributed by atoms with Gasteiger partial charge in [0.15, 0.2) is 0 Å². The first-order valence-electron chi connectivity index (χ1n) is 5.42. The lowest BCUT2D eigenvalue weighted by Crippen LogP contribution is -2.62. The minimum Gasteiger partial charge on any atom is -0.481 e. The molecule has 98 valence electrons. The molecular weight excluding hydrogens is 240 g/mol. The van der Waals surface area contributed by atoms with E-state index in [1.807, 2.05) is 10.6 Å². The maximum absolute atomic E-state index is 11.8. The van der Waals surface area contributed by atoms with Crippen LogP contribution in [0.5, 0.6) is 0 Å². The zero-order valence-corrected chi connectivity index (χ0v) is 9.69. The first-order valence-corrected chi connectivity index (χ1v) is 5.42. The first kappa shape index (κ1) is 13.9. The van der Waals surface area contributed by atoms with Gasteiger partial charge in [0.05, 0.1) is 0 Å². The van der Waals surface area contributed by atoms with Crippen LogP contribution in [0.3, 0.4) is 0 Å². The average molecular weight is 254 g/mol. The zero-order chi connectivity index (χ0) is 13.8. The van der Waals surface area contributed by atoms with E-state index in [1.54, 1.807) is 0 Å². The molecule has 0 unspecified atom stereocenters. The van der Waals surface area contributed by atoms with Crippen LogP contribution >= 0.6 is 0 Å². The van der Waals surface area contributed by atoms with Crippen molar-refractivity contribution in [3.8, 4) is 0 Å². The minimum atomic E-state index is -1.44.